The number of nitro benzene ring substituents is 1. The van der Waals surface area contributed by atoms with E-state index in [1.165, 1.54) is 26.0 Å². The fourth-order valence-electron chi connectivity index (χ4n) is 5.53. The Hall–Kier alpha value is -4.44. The lowest BCUT2D eigenvalue weighted by Gasteiger charge is -2.30. The van der Waals surface area contributed by atoms with E-state index < -0.39 is 89.5 Å². The smallest absolute Gasteiger partial charge is 0.386 e. The van der Waals surface area contributed by atoms with Crippen LogP contribution in [0.2, 0.25) is 0 Å². The van der Waals surface area contributed by atoms with Crippen molar-refractivity contribution in [3.8, 4) is 0 Å². The van der Waals surface area contributed by atoms with E-state index in [4.69, 9.17) is 19.5 Å². The van der Waals surface area contributed by atoms with E-state index in [9.17, 15) is 63.2 Å². The number of anilines is 1. The van der Waals surface area contributed by atoms with Crippen molar-refractivity contribution in [3.05, 3.63) is 40.5 Å². The quantitative estimate of drug-likeness (QED) is 0.0294. The van der Waals surface area contributed by atoms with Crippen LogP contribution < -0.4 is 16.4 Å². The van der Waals surface area contributed by atoms with Gasteiger partial charge in [-0.25, -0.2) is 33.3 Å². The molecule has 0 aliphatic carbocycles. The average molecular weight is 899 g/mol. The van der Waals surface area contributed by atoms with Gasteiger partial charge in [-0.05, 0) is 28.4 Å². The van der Waals surface area contributed by atoms with Gasteiger partial charge in [0, 0.05) is 31.0 Å². The summed E-state index contributed by atoms with van der Waals surface area (Å²) in [5.74, 6) is -1.59. The van der Waals surface area contributed by atoms with Crippen molar-refractivity contribution >= 4 is 69.0 Å². The van der Waals surface area contributed by atoms with Gasteiger partial charge in [0.15, 0.2) is 17.7 Å². The predicted octanol–water partition coefficient (Wildman–Crippen LogP) is -0.908. The third-order valence-electron chi connectivity index (χ3n) is 8.47. The number of phosphoric ester groups is 3. The Bertz CT molecular complexity index is 2340. The van der Waals surface area contributed by atoms with Gasteiger partial charge in [0.05, 0.1) is 24.5 Å². The number of phosphoric acid groups is 3. The van der Waals surface area contributed by atoms with Gasteiger partial charge >= 0.3 is 29.2 Å². The number of carbonyl (C=O) groups excluding carboxylic acids is 2. The largest absolute Gasteiger partial charge is 0.481 e. The second kappa shape index (κ2) is 18.0. The molecule has 0 bridgehead atoms. The van der Waals surface area contributed by atoms with Crippen LogP contribution in [0.15, 0.2) is 29.4 Å². The molecule has 1 aliphatic rings. The molecule has 4 heterocycles. The van der Waals surface area contributed by atoms with Crippen molar-refractivity contribution in [1.29, 1.82) is 0 Å². The SMILES string of the molecule is CC(C)(COP(=O)(O)OP(=O)(O)OC[C@H]1O[C@@H](n2cnc3c(N)ncnc32)[C@H](O)[C@@H]1OP(=O)(O)O)[C@@H](O)C(=O)NCCC(=O)NCCc1ccc([N+](=O)[O-])c2nonc12. The van der Waals surface area contributed by atoms with Gasteiger partial charge in [0.1, 0.15) is 41.8 Å². The topological polar surface area (TPSA) is 429 Å². The van der Waals surface area contributed by atoms with Gasteiger partial charge in [-0.3, -0.25) is 37.8 Å². The van der Waals surface area contributed by atoms with Crippen LogP contribution in [0.25, 0.3) is 22.2 Å². The van der Waals surface area contributed by atoms with E-state index >= 15 is 0 Å². The molecule has 29 nitrogen and oxygen atoms in total. The molecule has 2 unspecified atom stereocenters. The van der Waals surface area contributed by atoms with E-state index in [2.05, 4.69) is 49.4 Å². The highest BCUT2D eigenvalue weighted by molar-refractivity contribution is 7.61. The number of nitrogens with zero attached hydrogens (tertiary/aromatic N) is 7. The summed E-state index contributed by atoms with van der Waals surface area (Å²) in [6, 6.07) is 2.67. The minimum absolute atomic E-state index is 0.0184. The van der Waals surface area contributed by atoms with Crippen LogP contribution >= 0.6 is 23.5 Å². The second-order valence-corrected chi connectivity index (χ2v) is 17.5. The first-order valence-corrected chi connectivity index (χ1v) is 21.3. The summed E-state index contributed by atoms with van der Waals surface area (Å²) in [6.45, 7) is 0.199. The van der Waals surface area contributed by atoms with Crippen molar-refractivity contribution in [1.82, 2.24) is 40.5 Å². The van der Waals surface area contributed by atoms with Crippen molar-refractivity contribution in [2.75, 3.05) is 32.0 Å². The fraction of sp³-hybridized carbons (Fsp3) is 0.519. The number of nitro groups is 1. The lowest BCUT2D eigenvalue weighted by Crippen LogP contribution is -2.46. The Morgan fingerprint density at radius 2 is 1.73 bits per heavy atom. The lowest BCUT2D eigenvalue weighted by molar-refractivity contribution is -0.383. The van der Waals surface area contributed by atoms with Gasteiger partial charge < -0.3 is 50.9 Å². The number of aliphatic hydroxyl groups is 2. The minimum atomic E-state index is -5.60. The van der Waals surface area contributed by atoms with Crippen LogP contribution in [0.1, 0.15) is 32.1 Å². The van der Waals surface area contributed by atoms with Gasteiger partial charge in [-0.2, -0.15) is 4.31 Å². The molecule has 1 fully saturated rings. The molecule has 3 aromatic heterocycles. The predicted molar refractivity (Wildman–Crippen MR) is 192 cm³/mol. The third kappa shape index (κ3) is 11.4. The molecule has 1 aromatic carbocycles. The minimum Gasteiger partial charge on any atom is -0.386 e. The van der Waals surface area contributed by atoms with E-state index in [0.29, 0.717) is 5.56 Å². The maximum Gasteiger partial charge on any atom is 0.481 e. The average Bonchev–Trinajstić information content (AvgIpc) is 3.87. The molecule has 2 amide bonds. The van der Waals surface area contributed by atoms with E-state index in [1.54, 1.807) is 0 Å². The Labute approximate surface area is 329 Å². The number of imidazole rings is 1. The van der Waals surface area contributed by atoms with Crippen LogP contribution in [0.4, 0.5) is 11.5 Å². The molecular formula is C27H37N10O19P3. The molecule has 0 saturated carbocycles. The number of nitrogen functional groups attached to an aromatic ring is 1. The number of hydrogen-bond acceptors (Lipinski definition) is 21. The number of rotatable bonds is 20. The number of ether oxygens (including phenoxy) is 1. The molecule has 10 N–H and O–H groups in total. The maximum atomic E-state index is 12.7. The van der Waals surface area contributed by atoms with Crippen LogP contribution in [-0.2, 0) is 52.3 Å². The molecule has 1 saturated heterocycles. The zero-order chi connectivity index (χ0) is 43.5. The Morgan fingerprint density at radius 1 is 1.03 bits per heavy atom. The highest BCUT2D eigenvalue weighted by atomic mass is 31.3. The Kier molecular flexibility index (Phi) is 14.0. The molecular weight excluding hydrogens is 861 g/mol. The van der Waals surface area contributed by atoms with E-state index in [0.717, 1.165) is 17.2 Å². The summed E-state index contributed by atoms with van der Waals surface area (Å²) >= 11 is 0. The molecule has 0 spiro atoms. The monoisotopic (exact) mass is 898 g/mol. The molecule has 324 valence electrons. The fourth-order valence-corrected chi connectivity index (χ4v) is 8.36. The number of carbonyl (C=O) groups is 2. The molecule has 7 atom stereocenters. The highest BCUT2D eigenvalue weighted by Gasteiger charge is 2.50. The molecule has 0 radical (unpaired) electrons. The number of nitrogens with one attached hydrogen (secondary N) is 2. The van der Waals surface area contributed by atoms with E-state index in [-0.39, 0.29) is 59.6 Å². The maximum absolute atomic E-state index is 12.7. The number of aliphatic hydroxyl groups excluding tert-OH is 2. The number of non-ortho nitro benzene ring substituents is 1. The number of amides is 2. The summed E-state index contributed by atoms with van der Waals surface area (Å²) in [6.07, 6.45) is -6.92. The summed E-state index contributed by atoms with van der Waals surface area (Å²) in [7, 11) is -16.5. The first kappa shape index (κ1) is 45.6. The zero-order valence-corrected chi connectivity index (χ0v) is 33.2. The van der Waals surface area contributed by atoms with E-state index in [1.807, 2.05) is 0 Å². The first-order valence-electron chi connectivity index (χ1n) is 16.8. The number of nitrogens with two attached hydrogens (primary N) is 1. The summed E-state index contributed by atoms with van der Waals surface area (Å²) in [5.41, 5.74) is 4.52. The zero-order valence-electron chi connectivity index (χ0n) is 30.5. The van der Waals surface area contributed by atoms with Crippen LogP contribution in [-0.4, -0.2) is 127 Å². The van der Waals surface area contributed by atoms with Crippen LogP contribution in [0, 0.1) is 15.5 Å². The molecule has 1 aliphatic heterocycles. The highest BCUT2D eigenvalue weighted by Crippen LogP contribution is 2.61. The van der Waals surface area contributed by atoms with Gasteiger partial charge in [0.2, 0.25) is 17.3 Å². The van der Waals surface area contributed by atoms with Crippen molar-refractivity contribution in [2.45, 2.75) is 57.3 Å². The van der Waals surface area contributed by atoms with Crippen LogP contribution in [0.3, 0.4) is 0 Å². The first-order chi connectivity index (χ1) is 27.5. The normalized spacial score (nSPS) is 21.2. The number of hydrogen-bond donors (Lipinski definition) is 9. The molecule has 59 heavy (non-hydrogen) atoms. The Balaban J connectivity index is 1.08. The van der Waals surface area contributed by atoms with Crippen molar-refractivity contribution in [3.63, 3.8) is 0 Å². The Morgan fingerprint density at radius 3 is 2.42 bits per heavy atom. The third-order valence-corrected chi connectivity index (χ3v) is 11.6. The number of aromatic nitrogens is 6. The molecule has 4 aromatic rings. The second-order valence-electron chi connectivity index (χ2n) is 13.3. The lowest BCUT2D eigenvalue weighted by atomic mass is 9.87. The van der Waals surface area contributed by atoms with Gasteiger partial charge in [0.25, 0.3) is 0 Å². The molecule has 32 heteroatoms. The number of benzene rings is 1. The van der Waals surface area contributed by atoms with Crippen molar-refractivity contribution < 1.29 is 85.2 Å². The van der Waals surface area contributed by atoms with Crippen LogP contribution in [0.5, 0.6) is 0 Å². The van der Waals surface area contributed by atoms with Gasteiger partial charge in [-0.15, -0.1) is 0 Å². The number of fused-ring (bicyclic) bond motifs is 2. The van der Waals surface area contributed by atoms with Crippen molar-refractivity contribution in [2.24, 2.45) is 5.41 Å². The van der Waals surface area contributed by atoms with Gasteiger partial charge in [-0.1, -0.05) is 13.8 Å². The summed E-state index contributed by atoms with van der Waals surface area (Å²) < 4.78 is 66.7. The summed E-state index contributed by atoms with van der Waals surface area (Å²) in [5, 5.41) is 44.7. The molecule has 5 rings (SSSR count). The standard InChI is InChI=1S/C27H37N10O19P3/c1-27(2,22(40)25(41)30-8-6-16(38)29-7-5-13-3-4-14(37(42)43)18-17(13)34-55-35-18)10-52-59(49,50)56-58(47,48)51-9-15-21(54-57(44,45)46)20(39)26(53-15)36-12-33-19-23(28)31-11-32-24(19)36/h3-4,11-12,15,20-22,26,39-40H,5-10H2,1-2H3,(H,29,38)(H,30,41)(H,47,48)(H,49,50)(H2,28,31,32)(H2,44,45,46)/t15-,20-,21-,22+,26-/m1/s1. The summed E-state index contributed by atoms with van der Waals surface area (Å²) in [4.78, 5) is 86.4.